The van der Waals surface area contributed by atoms with Crippen molar-refractivity contribution in [3.05, 3.63) is 23.9 Å². The summed E-state index contributed by atoms with van der Waals surface area (Å²) in [7, 11) is 0. The Hall–Kier alpha value is -0.920. The molecule has 2 heteroatoms. The molecule has 0 aromatic heterocycles. The number of halogens is 1. The molecular formula is C13H20FN. The third kappa shape index (κ3) is 2.36. The average molecular weight is 209 g/mol. The lowest BCUT2D eigenvalue weighted by atomic mass is 9.84. The molecule has 0 saturated heterocycles. The van der Waals surface area contributed by atoms with Gasteiger partial charge in [0.05, 0.1) is 5.70 Å². The van der Waals surface area contributed by atoms with Crippen LogP contribution in [0.3, 0.4) is 0 Å². The van der Waals surface area contributed by atoms with Gasteiger partial charge in [0.15, 0.2) is 0 Å². The van der Waals surface area contributed by atoms with Crippen molar-refractivity contribution in [2.75, 3.05) is 6.67 Å². The molecule has 0 aromatic rings. The van der Waals surface area contributed by atoms with Gasteiger partial charge in [-0.15, -0.1) is 0 Å². The van der Waals surface area contributed by atoms with Crippen molar-refractivity contribution < 1.29 is 4.39 Å². The lowest BCUT2D eigenvalue weighted by Crippen LogP contribution is -2.13. The molecule has 0 heterocycles. The fourth-order valence-electron chi connectivity index (χ4n) is 2.18. The molecule has 0 aliphatic heterocycles. The topological polar surface area (TPSA) is 12.4 Å². The second-order valence-electron chi connectivity index (χ2n) is 4.53. The van der Waals surface area contributed by atoms with Gasteiger partial charge < -0.3 is 0 Å². The van der Waals surface area contributed by atoms with E-state index in [1.54, 1.807) is 12.3 Å². The van der Waals surface area contributed by atoms with Crippen LogP contribution < -0.4 is 0 Å². The number of nitrogens with zero attached hydrogens (tertiary/aromatic N) is 1. The van der Waals surface area contributed by atoms with Gasteiger partial charge in [-0.3, -0.25) is 4.99 Å². The predicted molar refractivity (Wildman–Crippen MR) is 63.9 cm³/mol. The lowest BCUT2D eigenvalue weighted by molar-refractivity contribution is 0.412. The van der Waals surface area contributed by atoms with Crippen LogP contribution in [0.2, 0.25) is 0 Å². The Morgan fingerprint density at radius 3 is 2.47 bits per heavy atom. The molecule has 0 bridgehead atoms. The Labute approximate surface area is 91.8 Å². The van der Waals surface area contributed by atoms with Crippen molar-refractivity contribution in [1.29, 1.82) is 0 Å². The fraction of sp³-hybridized carbons (Fsp3) is 0.615. The molecule has 1 aliphatic rings. The molecule has 0 unspecified atom stereocenters. The van der Waals surface area contributed by atoms with E-state index >= 15 is 0 Å². The van der Waals surface area contributed by atoms with Gasteiger partial charge in [-0.1, -0.05) is 26.5 Å². The number of alkyl halides is 1. The van der Waals surface area contributed by atoms with Crippen LogP contribution in [0, 0.1) is 11.3 Å². The Balaban J connectivity index is 2.95. The highest BCUT2D eigenvalue weighted by Crippen LogP contribution is 2.58. The van der Waals surface area contributed by atoms with Crippen molar-refractivity contribution in [1.82, 2.24) is 0 Å². The van der Waals surface area contributed by atoms with E-state index in [0.29, 0.717) is 11.6 Å². The van der Waals surface area contributed by atoms with Crippen LogP contribution in [-0.4, -0.2) is 12.9 Å². The van der Waals surface area contributed by atoms with E-state index in [2.05, 4.69) is 25.4 Å². The summed E-state index contributed by atoms with van der Waals surface area (Å²) < 4.78 is 12.8. The van der Waals surface area contributed by atoms with E-state index in [1.807, 2.05) is 6.92 Å². The van der Waals surface area contributed by atoms with Crippen LogP contribution in [0.4, 0.5) is 4.39 Å². The number of rotatable bonds is 5. The molecule has 0 radical (unpaired) electrons. The van der Waals surface area contributed by atoms with E-state index in [4.69, 9.17) is 0 Å². The zero-order valence-corrected chi connectivity index (χ0v) is 9.89. The SMILES string of the molecule is C=CC=N/C(CF)=C(\C)C1(C(C)C)CC1. The zero-order chi connectivity index (χ0) is 11.5. The third-order valence-electron chi connectivity index (χ3n) is 3.54. The monoisotopic (exact) mass is 209 g/mol. The molecule has 1 rings (SSSR count). The van der Waals surface area contributed by atoms with Crippen molar-refractivity contribution in [3.8, 4) is 0 Å². The molecule has 0 aromatic carbocycles. The van der Waals surface area contributed by atoms with Crippen molar-refractivity contribution in [2.24, 2.45) is 16.3 Å². The summed E-state index contributed by atoms with van der Waals surface area (Å²) in [4.78, 5) is 4.11. The van der Waals surface area contributed by atoms with E-state index in [9.17, 15) is 4.39 Å². The minimum absolute atomic E-state index is 0.222. The van der Waals surface area contributed by atoms with Gasteiger partial charge in [0.2, 0.25) is 0 Å². The van der Waals surface area contributed by atoms with Crippen LogP contribution in [0.5, 0.6) is 0 Å². The van der Waals surface area contributed by atoms with Gasteiger partial charge in [-0.25, -0.2) is 4.39 Å². The minimum Gasteiger partial charge on any atom is -0.259 e. The Bertz CT molecular complexity index is 296. The smallest absolute Gasteiger partial charge is 0.131 e. The van der Waals surface area contributed by atoms with E-state index in [0.717, 1.165) is 5.57 Å². The Kier molecular flexibility index (Phi) is 3.83. The first-order valence-corrected chi connectivity index (χ1v) is 5.49. The normalized spacial score (nSPS) is 20.6. The van der Waals surface area contributed by atoms with Gasteiger partial charge in [-0.2, -0.15) is 0 Å². The van der Waals surface area contributed by atoms with Crippen molar-refractivity contribution in [3.63, 3.8) is 0 Å². The molecule has 0 spiro atoms. The predicted octanol–water partition coefficient (Wildman–Crippen LogP) is 3.92. The summed E-state index contributed by atoms with van der Waals surface area (Å²) in [5.74, 6) is 0.568. The minimum atomic E-state index is -0.482. The fourth-order valence-corrected chi connectivity index (χ4v) is 2.18. The molecule has 84 valence electrons. The molecule has 0 amide bonds. The number of hydrogen-bond donors (Lipinski definition) is 0. The van der Waals surface area contributed by atoms with Crippen LogP contribution in [0.15, 0.2) is 28.9 Å². The van der Waals surface area contributed by atoms with Crippen LogP contribution in [0.25, 0.3) is 0 Å². The maximum atomic E-state index is 12.8. The highest BCUT2D eigenvalue weighted by atomic mass is 19.1. The molecule has 0 N–H and O–H groups in total. The molecular weight excluding hydrogens is 189 g/mol. The van der Waals surface area contributed by atoms with Crippen LogP contribution in [0.1, 0.15) is 33.6 Å². The Morgan fingerprint density at radius 2 is 2.13 bits per heavy atom. The van der Waals surface area contributed by atoms with E-state index in [1.165, 1.54) is 12.8 Å². The first-order valence-electron chi connectivity index (χ1n) is 5.49. The van der Waals surface area contributed by atoms with Crippen LogP contribution in [-0.2, 0) is 0 Å². The zero-order valence-electron chi connectivity index (χ0n) is 9.89. The maximum Gasteiger partial charge on any atom is 0.131 e. The standard InChI is InChI=1S/C13H20FN/c1-5-8-15-12(9-14)11(4)13(6-7-13)10(2)3/h5,8,10H,1,6-7,9H2,2-4H3/b12-11+,15-8?. The largest absolute Gasteiger partial charge is 0.259 e. The molecule has 0 atom stereocenters. The lowest BCUT2D eigenvalue weighted by Gasteiger charge is -2.22. The summed E-state index contributed by atoms with van der Waals surface area (Å²) in [5, 5.41) is 0. The number of hydrogen-bond acceptors (Lipinski definition) is 1. The maximum absolute atomic E-state index is 12.8. The summed E-state index contributed by atoms with van der Waals surface area (Å²) >= 11 is 0. The van der Waals surface area contributed by atoms with Gasteiger partial charge in [0, 0.05) is 6.21 Å². The quantitative estimate of drug-likeness (QED) is 0.608. The molecule has 1 saturated carbocycles. The Morgan fingerprint density at radius 1 is 1.53 bits per heavy atom. The van der Waals surface area contributed by atoms with Gasteiger partial charge in [0.25, 0.3) is 0 Å². The van der Waals surface area contributed by atoms with Crippen LogP contribution >= 0.6 is 0 Å². The highest BCUT2D eigenvalue weighted by molar-refractivity contribution is 5.71. The van der Waals surface area contributed by atoms with Crippen molar-refractivity contribution >= 4 is 6.21 Å². The number of allylic oxidation sites excluding steroid dienone is 3. The highest BCUT2D eigenvalue weighted by Gasteiger charge is 2.47. The van der Waals surface area contributed by atoms with E-state index < -0.39 is 6.67 Å². The van der Waals surface area contributed by atoms with Crippen molar-refractivity contribution in [2.45, 2.75) is 33.6 Å². The summed E-state index contributed by atoms with van der Waals surface area (Å²) in [5.41, 5.74) is 1.93. The molecule has 1 aliphatic carbocycles. The summed E-state index contributed by atoms with van der Waals surface area (Å²) in [6, 6.07) is 0. The van der Waals surface area contributed by atoms with Gasteiger partial charge in [0.1, 0.15) is 6.67 Å². The molecule has 15 heavy (non-hydrogen) atoms. The number of aliphatic imine (C=N–C) groups is 1. The molecule has 1 nitrogen and oxygen atoms in total. The summed E-state index contributed by atoms with van der Waals surface area (Å²) in [6.07, 6.45) is 5.49. The second kappa shape index (κ2) is 4.73. The van der Waals surface area contributed by atoms with E-state index in [-0.39, 0.29) is 5.41 Å². The average Bonchev–Trinajstić information content (AvgIpc) is 2.99. The first kappa shape index (κ1) is 12.2. The second-order valence-corrected chi connectivity index (χ2v) is 4.53. The first-order chi connectivity index (χ1) is 7.08. The molecule has 1 fully saturated rings. The summed E-state index contributed by atoms with van der Waals surface area (Å²) in [6.45, 7) is 9.48. The third-order valence-corrected chi connectivity index (χ3v) is 3.54. The van der Waals surface area contributed by atoms with Gasteiger partial charge in [-0.05, 0) is 36.7 Å². The van der Waals surface area contributed by atoms with Gasteiger partial charge >= 0.3 is 0 Å².